The van der Waals surface area contributed by atoms with Crippen molar-refractivity contribution in [3.8, 4) is 0 Å². The van der Waals surface area contributed by atoms with Crippen molar-refractivity contribution in [3.05, 3.63) is 59.8 Å². The molecule has 0 bridgehead atoms. The summed E-state index contributed by atoms with van der Waals surface area (Å²) in [5.74, 6) is 0.409. The van der Waals surface area contributed by atoms with Crippen LogP contribution in [0.1, 0.15) is 33.0 Å². The molecule has 0 radical (unpaired) electrons. The van der Waals surface area contributed by atoms with Gasteiger partial charge in [0.25, 0.3) is 11.8 Å². The van der Waals surface area contributed by atoms with Crippen LogP contribution in [0.25, 0.3) is 11.0 Å². The van der Waals surface area contributed by atoms with E-state index in [1.165, 1.54) is 12.5 Å². The van der Waals surface area contributed by atoms with E-state index in [9.17, 15) is 9.59 Å². The van der Waals surface area contributed by atoms with Crippen LogP contribution in [0.4, 0.5) is 0 Å². The minimum atomic E-state index is -0.151. The first-order chi connectivity index (χ1) is 13.1. The average molecular weight is 364 g/mol. The molecule has 7 heteroatoms. The van der Waals surface area contributed by atoms with Gasteiger partial charge in [0, 0.05) is 26.2 Å². The van der Waals surface area contributed by atoms with E-state index in [-0.39, 0.29) is 11.8 Å². The quantitative estimate of drug-likeness (QED) is 0.698. The predicted molar refractivity (Wildman–Crippen MR) is 99.4 cm³/mol. The fraction of sp³-hybridized carbons (Fsp3) is 0.300. The van der Waals surface area contributed by atoms with Crippen LogP contribution in [0.5, 0.6) is 0 Å². The summed E-state index contributed by atoms with van der Waals surface area (Å²) in [7, 11) is 0. The van der Waals surface area contributed by atoms with Gasteiger partial charge in [-0.15, -0.1) is 0 Å². The van der Waals surface area contributed by atoms with E-state index in [0.29, 0.717) is 48.7 Å². The van der Waals surface area contributed by atoms with Crippen molar-refractivity contribution in [3.63, 3.8) is 0 Å². The molecule has 2 aromatic heterocycles. The SMILES string of the molecule is Cc1occc1C(=O)N1CCCN(C(=O)c2cnc3ccccc3n2)CC1. The Hall–Kier alpha value is -3.22. The summed E-state index contributed by atoms with van der Waals surface area (Å²) in [6, 6.07) is 9.16. The number of hydrogen-bond donors (Lipinski definition) is 0. The average Bonchev–Trinajstić information content (AvgIpc) is 2.98. The minimum absolute atomic E-state index is 0.0546. The second kappa shape index (κ2) is 7.19. The van der Waals surface area contributed by atoms with Crippen LogP contribution in [0.2, 0.25) is 0 Å². The van der Waals surface area contributed by atoms with Crippen molar-refractivity contribution in [2.45, 2.75) is 13.3 Å². The molecule has 1 aromatic carbocycles. The van der Waals surface area contributed by atoms with E-state index >= 15 is 0 Å². The summed E-state index contributed by atoms with van der Waals surface area (Å²) in [6.45, 7) is 3.92. The maximum Gasteiger partial charge on any atom is 0.274 e. The molecule has 27 heavy (non-hydrogen) atoms. The van der Waals surface area contributed by atoms with E-state index in [0.717, 1.165) is 11.9 Å². The second-order valence-corrected chi connectivity index (χ2v) is 6.57. The Labute approximate surface area is 156 Å². The summed E-state index contributed by atoms with van der Waals surface area (Å²) in [5, 5.41) is 0. The molecule has 7 nitrogen and oxygen atoms in total. The summed E-state index contributed by atoms with van der Waals surface area (Å²) in [4.78, 5) is 37.8. The fourth-order valence-electron chi connectivity index (χ4n) is 3.32. The van der Waals surface area contributed by atoms with Gasteiger partial charge in [0.15, 0.2) is 0 Å². The number of amides is 2. The zero-order chi connectivity index (χ0) is 18.8. The summed E-state index contributed by atoms with van der Waals surface area (Å²) in [6.07, 6.45) is 3.76. The zero-order valence-corrected chi connectivity index (χ0v) is 15.1. The molecule has 0 N–H and O–H groups in total. The van der Waals surface area contributed by atoms with Gasteiger partial charge in [-0.3, -0.25) is 14.6 Å². The lowest BCUT2D eigenvalue weighted by atomic mass is 10.2. The molecule has 1 aliphatic heterocycles. The second-order valence-electron chi connectivity index (χ2n) is 6.57. The molecule has 0 atom stereocenters. The number of aromatic nitrogens is 2. The Morgan fingerprint density at radius 2 is 1.67 bits per heavy atom. The molecule has 0 aliphatic carbocycles. The molecule has 4 rings (SSSR count). The standard InChI is InChI=1S/C20H20N4O3/c1-14-15(7-12-27-14)19(25)23-8-4-9-24(11-10-23)20(26)18-13-21-16-5-2-3-6-17(16)22-18/h2-3,5-7,12-13H,4,8-11H2,1H3. The molecule has 138 valence electrons. The van der Waals surface area contributed by atoms with Crippen LogP contribution in [0.3, 0.4) is 0 Å². The van der Waals surface area contributed by atoms with Crippen molar-refractivity contribution in [2.75, 3.05) is 26.2 Å². The van der Waals surface area contributed by atoms with Crippen LogP contribution in [-0.2, 0) is 0 Å². The number of furan rings is 1. The lowest BCUT2D eigenvalue weighted by molar-refractivity contribution is 0.0714. The Bertz CT molecular complexity index is 998. The van der Waals surface area contributed by atoms with Crippen LogP contribution < -0.4 is 0 Å². The molecule has 3 heterocycles. The van der Waals surface area contributed by atoms with Crippen LogP contribution >= 0.6 is 0 Å². The van der Waals surface area contributed by atoms with Crippen molar-refractivity contribution in [1.82, 2.24) is 19.8 Å². The maximum atomic E-state index is 12.9. The normalized spacial score (nSPS) is 15.0. The number of carbonyl (C=O) groups is 2. The highest BCUT2D eigenvalue weighted by atomic mass is 16.3. The maximum absolute atomic E-state index is 12.9. The van der Waals surface area contributed by atoms with Gasteiger partial charge in [0.05, 0.1) is 29.1 Å². The van der Waals surface area contributed by atoms with Crippen molar-refractivity contribution in [2.24, 2.45) is 0 Å². The summed E-state index contributed by atoms with van der Waals surface area (Å²) >= 11 is 0. The minimum Gasteiger partial charge on any atom is -0.469 e. The molecule has 0 saturated carbocycles. The third-order valence-electron chi connectivity index (χ3n) is 4.83. The number of para-hydroxylation sites is 2. The topological polar surface area (TPSA) is 79.5 Å². The molecular formula is C20H20N4O3. The van der Waals surface area contributed by atoms with Crippen LogP contribution in [-0.4, -0.2) is 57.8 Å². The number of aryl methyl sites for hydroxylation is 1. The zero-order valence-electron chi connectivity index (χ0n) is 15.1. The molecule has 1 fully saturated rings. The van der Waals surface area contributed by atoms with Gasteiger partial charge < -0.3 is 14.2 Å². The largest absolute Gasteiger partial charge is 0.469 e. The van der Waals surface area contributed by atoms with Gasteiger partial charge in [-0.25, -0.2) is 4.98 Å². The highest BCUT2D eigenvalue weighted by Crippen LogP contribution is 2.16. The number of fused-ring (bicyclic) bond motifs is 1. The first kappa shape index (κ1) is 17.2. The third-order valence-corrected chi connectivity index (χ3v) is 4.83. The molecule has 1 saturated heterocycles. The lowest BCUT2D eigenvalue weighted by Crippen LogP contribution is -2.37. The van der Waals surface area contributed by atoms with Gasteiger partial charge in [0.1, 0.15) is 11.5 Å². The highest BCUT2D eigenvalue weighted by Gasteiger charge is 2.25. The van der Waals surface area contributed by atoms with E-state index in [2.05, 4.69) is 9.97 Å². The third kappa shape index (κ3) is 3.40. The number of hydrogen-bond acceptors (Lipinski definition) is 5. The first-order valence-electron chi connectivity index (χ1n) is 8.98. The van der Waals surface area contributed by atoms with Crippen molar-refractivity contribution >= 4 is 22.8 Å². The number of nitrogens with zero attached hydrogens (tertiary/aromatic N) is 4. The van der Waals surface area contributed by atoms with Gasteiger partial charge >= 0.3 is 0 Å². The van der Waals surface area contributed by atoms with Crippen molar-refractivity contribution < 1.29 is 14.0 Å². The molecule has 1 aliphatic rings. The van der Waals surface area contributed by atoms with E-state index in [1.807, 2.05) is 24.3 Å². The molecular weight excluding hydrogens is 344 g/mol. The monoisotopic (exact) mass is 364 g/mol. The molecule has 3 aromatic rings. The molecule has 0 spiro atoms. The summed E-state index contributed by atoms with van der Waals surface area (Å²) in [5.41, 5.74) is 2.37. The fourth-order valence-corrected chi connectivity index (χ4v) is 3.32. The lowest BCUT2D eigenvalue weighted by Gasteiger charge is -2.22. The Kier molecular flexibility index (Phi) is 4.58. The Morgan fingerprint density at radius 1 is 0.963 bits per heavy atom. The highest BCUT2D eigenvalue weighted by molar-refractivity contribution is 5.96. The van der Waals surface area contributed by atoms with Crippen LogP contribution in [0.15, 0.2) is 47.2 Å². The van der Waals surface area contributed by atoms with E-state index < -0.39 is 0 Å². The molecule has 0 unspecified atom stereocenters. The van der Waals surface area contributed by atoms with E-state index in [1.54, 1.807) is 22.8 Å². The Morgan fingerprint density at radius 3 is 2.37 bits per heavy atom. The van der Waals surface area contributed by atoms with Gasteiger partial charge in [-0.2, -0.15) is 0 Å². The number of rotatable bonds is 2. The first-order valence-corrected chi connectivity index (χ1v) is 8.98. The van der Waals surface area contributed by atoms with Crippen LogP contribution in [0, 0.1) is 6.92 Å². The van der Waals surface area contributed by atoms with E-state index in [4.69, 9.17) is 4.42 Å². The Balaban J connectivity index is 1.48. The predicted octanol–water partition coefficient (Wildman–Crippen LogP) is 2.52. The van der Waals surface area contributed by atoms with Gasteiger partial charge in [-0.05, 0) is 31.5 Å². The number of carbonyl (C=O) groups excluding carboxylic acids is 2. The number of benzene rings is 1. The smallest absolute Gasteiger partial charge is 0.274 e. The summed E-state index contributed by atoms with van der Waals surface area (Å²) < 4.78 is 5.23. The van der Waals surface area contributed by atoms with Gasteiger partial charge in [0.2, 0.25) is 0 Å². The van der Waals surface area contributed by atoms with Crippen molar-refractivity contribution in [1.29, 1.82) is 0 Å². The molecule has 2 amide bonds. The van der Waals surface area contributed by atoms with Gasteiger partial charge in [-0.1, -0.05) is 12.1 Å².